The molecule has 1 aromatic heterocycles. The fourth-order valence-corrected chi connectivity index (χ4v) is 3.87. The van der Waals surface area contributed by atoms with Gasteiger partial charge in [0, 0.05) is 6.07 Å². The molecule has 0 aliphatic rings. The average molecular weight is 478 g/mol. The van der Waals surface area contributed by atoms with Crippen LogP contribution in [0.5, 0.6) is 17.2 Å². The summed E-state index contributed by atoms with van der Waals surface area (Å²) >= 11 is 0. The van der Waals surface area contributed by atoms with E-state index in [0.29, 0.717) is 0 Å². The van der Waals surface area contributed by atoms with E-state index in [2.05, 4.69) is 5.10 Å². The number of halogens is 1. The third-order valence-electron chi connectivity index (χ3n) is 4.28. The molecular weight excluding hydrogens is 459 g/mol. The number of rotatable bonds is 8. The van der Waals surface area contributed by atoms with Crippen LogP contribution >= 0.6 is 0 Å². The van der Waals surface area contributed by atoms with Gasteiger partial charge < -0.3 is 18.4 Å². The van der Waals surface area contributed by atoms with E-state index < -0.39 is 43.8 Å². The van der Waals surface area contributed by atoms with Gasteiger partial charge in [0.05, 0.1) is 32.6 Å². The summed E-state index contributed by atoms with van der Waals surface area (Å²) in [5.41, 5.74) is -1.28. The third kappa shape index (κ3) is 5.12. The molecule has 0 atom stereocenters. The lowest BCUT2D eigenvalue weighted by molar-refractivity contribution is 0.0515. The highest BCUT2D eigenvalue weighted by Crippen LogP contribution is 2.31. The van der Waals surface area contributed by atoms with Crippen molar-refractivity contribution in [1.29, 1.82) is 0 Å². The van der Waals surface area contributed by atoms with Gasteiger partial charge in [-0.25, -0.2) is 9.18 Å². The van der Waals surface area contributed by atoms with Crippen molar-refractivity contribution in [2.75, 3.05) is 20.8 Å². The predicted octanol–water partition coefficient (Wildman–Crippen LogP) is 2.33. The molecule has 0 aliphatic carbocycles. The van der Waals surface area contributed by atoms with Crippen molar-refractivity contribution in [3.63, 3.8) is 0 Å². The highest BCUT2D eigenvalue weighted by atomic mass is 32.2. The van der Waals surface area contributed by atoms with Gasteiger partial charge >= 0.3 is 16.1 Å². The van der Waals surface area contributed by atoms with Crippen molar-refractivity contribution in [1.82, 2.24) is 9.78 Å². The lowest BCUT2D eigenvalue weighted by Crippen LogP contribution is -2.26. The molecular formula is C21H19FN2O8S. The Balaban J connectivity index is 2.14. The smallest absolute Gasteiger partial charge is 0.362 e. The first-order chi connectivity index (χ1) is 15.7. The van der Waals surface area contributed by atoms with Crippen molar-refractivity contribution in [2.45, 2.75) is 11.8 Å². The number of hydrogen-bond acceptors (Lipinski definition) is 9. The summed E-state index contributed by atoms with van der Waals surface area (Å²) in [7, 11) is -2.01. The van der Waals surface area contributed by atoms with Gasteiger partial charge in [-0.1, -0.05) is 0 Å². The Hall–Kier alpha value is -3.93. The molecule has 3 rings (SSSR count). The molecule has 1 heterocycles. The number of esters is 1. The van der Waals surface area contributed by atoms with E-state index in [0.717, 1.165) is 28.9 Å². The molecule has 174 valence electrons. The van der Waals surface area contributed by atoms with Crippen LogP contribution in [0.4, 0.5) is 4.39 Å². The Morgan fingerprint density at radius 1 is 1.03 bits per heavy atom. The van der Waals surface area contributed by atoms with Crippen molar-refractivity contribution in [3.05, 3.63) is 70.4 Å². The van der Waals surface area contributed by atoms with Crippen LogP contribution in [-0.2, 0) is 14.9 Å². The zero-order valence-electron chi connectivity index (χ0n) is 17.8. The normalized spacial score (nSPS) is 11.0. The van der Waals surface area contributed by atoms with Crippen LogP contribution in [-0.4, -0.2) is 45.0 Å². The maximum absolute atomic E-state index is 13.3. The average Bonchev–Trinajstić information content (AvgIpc) is 2.79. The quantitative estimate of drug-likeness (QED) is 0.354. The lowest BCUT2D eigenvalue weighted by atomic mass is 10.3. The first kappa shape index (κ1) is 23.7. The molecule has 0 saturated heterocycles. The Morgan fingerprint density at radius 3 is 2.33 bits per heavy atom. The molecule has 33 heavy (non-hydrogen) atoms. The Kier molecular flexibility index (Phi) is 6.97. The van der Waals surface area contributed by atoms with Gasteiger partial charge in [0.2, 0.25) is 5.69 Å². The summed E-state index contributed by atoms with van der Waals surface area (Å²) < 4.78 is 60.2. The zero-order valence-corrected chi connectivity index (χ0v) is 18.6. The largest absolute Gasteiger partial charge is 0.497 e. The minimum atomic E-state index is -4.61. The second kappa shape index (κ2) is 9.69. The van der Waals surface area contributed by atoms with Gasteiger partial charge in [-0.3, -0.25) is 4.79 Å². The summed E-state index contributed by atoms with van der Waals surface area (Å²) in [4.78, 5) is 24.7. The Bertz CT molecular complexity index is 1340. The fraction of sp³-hybridized carbons (Fsp3) is 0.190. The van der Waals surface area contributed by atoms with Gasteiger partial charge in [-0.15, -0.1) is 0 Å². The maximum atomic E-state index is 13.3. The first-order valence-corrected chi connectivity index (χ1v) is 10.8. The van der Waals surface area contributed by atoms with E-state index in [9.17, 15) is 22.4 Å². The van der Waals surface area contributed by atoms with Crippen LogP contribution in [0.25, 0.3) is 5.69 Å². The Morgan fingerprint density at radius 2 is 1.73 bits per heavy atom. The van der Waals surface area contributed by atoms with Crippen LogP contribution in [0.1, 0.15) is 17.4 Å². The lowest BCUT2D eigenvalue weighted by Gasteiger charge is -2.14. The van der Waals surface area contributed by atoms with Crippen LogP contribution in [0.15, 0.2) is 58.2 Å². The zero-order chi connectivity index (χ0) is 24.2. The van der Waals surface area contributed by atoms with Crippen LogP contribution < -0.4 is 19.2 Å². The van der Waals surface area contributed by atoms with E-state index in [1.807, 2.05) is 0 Å². The summed E-state index contributed by atoms with van der Waals surface area (Å²) in [5.74, 6) is -2.08. The molecule has 10 nitrogen and oxygen atoms in total. The van der Waals surface area contributed by atoms with Crippen molar-refractivity contribution >= 4 is 16.1 Å². The second-order valence-corrected chi connectivity index (χ2v) is 7.87. The van der Waals surface area contributed by atoms with Crippen molar-refractivity contribution in [2.24, 2.45) is 0 Å². The SMILES string of the molecule is CCOC(=O)c1nn(-c2ccc(F)cc2)c(=O)cc1OS(=O)(=O)c1cc(OC)ccc1OC. The molecule has 0 unspecified atom stereocenters. The molecule has 0 saturated carbocycles. The van der Waals surface area contributed by atoms with Crippen LogP contribution in [0.3, 0.4) is 0 Å². The topological polar surface area (TPSA) is 123 Å². The van der Waals surface area contributed by atoms with Gasteiger partial charge in [-0.05, 0) is 43.3 Å². The monoisotopic (exact) mass is 478 g/mol. The molecule has 0 aliphatic heterocycles. The number of methoxy groups -OCH3 is 2. The summed E-state index contributed by atoms with van der Waals surface area (Å²) in [6, 6.07) is 9.47. The minimum Gasteiger partial charge on any atom is -0.497 e. The molecule has 0 fully saturated rings. The van der Waals surface area contributed by atoms with Gasteiger partial charge in [0.15, 0.2) is 10.6 Å². The molecule has 0 spiro atoms. The van der Waals surface area contributed by atoms with E-state index in [4.69, 9.17) is 18.4 Å². The minimum absolute atomic E-state index is 0.0495. The molecule has 0 amide bonds. The standard InChI is InChI=1S/C21H19FN2O8S/c1-4-31-21(26)20-17(12-19(25)24(23-20)14-7-5-13(22)6-8-14)32-33(27,28)18-11-15(29-2)9-10-16(18)30-3/h5-12H,4H2,1-3H3. The molecule has 0 radical (unpaired) electrons. The predicted molar refractivity (Wildman–Crippen MR) is 113 cm³/mol. The van der Waals surface area contributed by atoms with Crippen molar-refractivity contribution in [3.8, 4) is 22.9 Å². The van der Waals surface area contributed by atoms with E-state index in [1.54, 1.807) is 0 Å². The first-order valence-electron chi connectivity index (χ1n) is 9.44. The number of carbonyl (C=O) groups excluding carboxylic acids is 1. The number of aromatic nitrogens is 2. The molecule has 0 N–H and O–H groups in total. The Labute approximate surface area is 188 Å². The fourth-order valence-electron chi connectivity index (χ4n) is 2.75. The summed E-state index contributed by atoms with van der Waals surface area (Å²) in [6.07, 6.45) is 0. The van der Waals surface area contributed by atoms with Gasteiger partial charge in [-0.2, -0.15) is 18.2 Å². The number of benzene rings is 2. The number of nitrogens with zero attached hydrogens (tertiary/aromatic N) is 2. The molecule has 2 aromatic carbocycles. The summed E-state index contributed by atoms with van der Waals surface area (Å²) in [6.45, 7) is 1.48. The van der Waals surface area contributed by atoms with Crippen LogP contribution in [0.2, 0.25) is 0 Å². The van der Waals surface area contributed by atoms with Crippen LogP contribution in [0, 0.1) is 5.82 Å². The maximum Gasteiger partial charge on any atom is 0.362 e. The van der Waals surface area contributed by atoms with Gasteiger partial charge in [0.1, 0.15) is 17.3 Å². The van der Waals surface area contributed by atoms with E-state index in [-0.39, 0.29) is 23.8 Å². The summed E-state index contributed by atoms with van der Waals surface area (Å²) in [5, 5.41) is 3.91. The number of hydrogen-bond donors (Lipinski definition) is 0. The third-order valence-corrected chi connectivity index (χ3v) is 5.53. The molecule has 3 aromatic rings. The van der Waals surface area contributed by atoms with Crippen molar-refractivity contribution < 1.29 is 36.0 Å². The van der Waals surface area contributed by atoms with E-state index in [1.165, 1.54) is 45.4 Å². The second-order valence-electron chi connectivity index (χ2n) is 6.36. The number of carbonyl (C=O) groups is 1. The molecule has 0 bridgehead atoms. The van der Waals surface area contributed by atoms with E-state index >= 15 is 0 Å². The van der Waals surface area contributed by atoms with Gasteiger partial charge in [0.25, 0.3) is 5.56 Å². The number of ether oxygens (including phenoxy) is 3. The highest BCUT2D eigenvalue weighted by Gasteiger charge is 2.28. The highest BCUT2D eigenvalue weighted by molar-refractivity contribution is 7.87. The molecule has 12 heteroatoms.